The summed E-state index contributed by atoms with van der Waals surface area (Å²) in [7, 11) is 0. The van der Waals surface area contributed by atoms with Gasteiger partial charge in [-0.2, -0.15) is 5.10 Å². The van der Waals surface area contributed by atoms with Crippen LogP contribution in [0.15, 0.2) is 23.3 Å². The Hall–Kier alpha value is -2.04. The molecule has 0 unspecified atom stereocenters. The van der Waals surface area contributed by atoms with Gasteiger partial charge in [-0.05, 0) is 18.6 Å². The fourth-order valence-electron chi connectivity index (χ4n) is 2.16. The Bertz CT molecular complexity index is 557. The molecule has 2 heterocycles. The predicted molar refractivity (Wildman–Crippen MR) is 69.2 cm³/mol. The number of hydrogen-bond acceptors (Lipinski definition) is 4. The van der Waals surface area contributed by atoms with Gasteiger partial charge in [-0.3, -0.25) is 20.5 Å². The van der Waals surface area contributed by atoms with Crippen molar-refractivity contribution < 1.29 is 0 Å². The molecule has 0 atom stereocenters. The zero-order valence-electron chi connectivity index (χ0n) is 9.77. The first kappa shape index (κ1) is 10.1. The molecule has 2 N–H and O–H groups in total. The quantitative estimate of drug-likeness (QED) is 0.843. The molecule has 0 amide bonds. The highest BCUT2D eigenvalue weighted by molar-refractivity contribution is 5.86. The van der Waals surface area contributed by atoms with E-state index in [2.05, 4.69) is 39.7 Å². The van der Waals surface area contributed by atoms with Crippen molar-refractivity contribution in [3.8, 4) is 0 Å². The molecule has 5 heteroatoms. The summed E-state index contributed by atoms with van der Waals surface area (Å²) >= 11 is 0. The number of H-pyrrole nitrogens is 1. The molecular weight excluding hydrogens is 214 g/mol. The molecule has 17 heavy (non-hydrogen) atoms. The lowest BCUT2D eigenvalue weighted by Crippen LogP contribution is -2.27. The lowest BCUT2D eigenvalue weighted by atomic mass is 10.1. The van der Waals surface area contributed by atoms with E-state index in [-0.39, 0.29) is 0 Å². The summed E-state index contributed by atoms with van der Waals surface area (Å²) in [6.07, 6.45) is 4.67. The third kappa shape index (κ3) is 1.73. The second kappa shape index (κ2) is 4.08. The van der Waals surface area contributed by atoms with E-state index in [4.69, 9.17) is 0 Å². The van der Waals surface area contributed by atoms with Crippen LogP contribution in [0.1, 0.15) is 12.5 Å². The van der Waals surface area contributed by atoms with Crippen LogP contribution in [0.2, 0.25) is 0 Å². The number of rotatable bonds is 3. The van der Waals surface area contributed by atoms with Crippen molar-refractivity contribution in [2.45, 2.75) is 13.3 Å². The Labute approximate surface area is 99.5 Å². The summed E-state index contributed by atoms with van der Waals surface area (Å²) in [4.78, 5) is 4.19. The van der Waals surface area contributed by atoms with Gasteiger partial charge in [0.05, 0.1) is 30.5 Å². The molecule has 1 aliphatic heterocycles. The molecule has 0 saturated heterocycles. The average molecular weight is 229 g/mol. The molecule has 2 aromatic rings. The van der Waals surface area contributed by atoms with Gasteiger partial charge in [-0.15, -0.1) is 0 Å². The van der Waals surface area contributed by atoms with Crippen molar-refractivity contribution in [2.75, 3.05) is 18.5 Å². The van der Waals surface area contributed by atoms with Crippen LogP contribution >= 0.6 is 0 Å². The monoisotopic (exact) mass is 229 g/mol. The highest BCUT2D eigenvalue weighted by atomic mass is 15.5. The second-order valence-electron chi connectivity index (χ2n) is 4.11. The van der Waals surface area contributed by atoms with Crippen molar-refractivity contribution in [2.24, 2.45) is 4.99 Å². The van der Waals surface area contributed by atoms with E-state index in [1.54, 1.807) is 0 Å². The predicted octanol–water partition coefficient (Wildman–Crippen LogP) is 1.80. The Morgan fingerprint density at radius 1 is 1.47 bits per heavy atom. The van der Waals surface area contributed by atoms with Crippen LogP contribution in [0.25, 0.3) is 10.9 Å². The van der Waals surface area contributed by atoms with Crippen LogP contribution in [-0.2, 0) is 6.42 Å². The van der Waals surface area contributed by atoms with Gasteiger partial charge in [-0.25, -0.2) is 0 Å². The van der Waals surface area contributed by atoms with Crippen molar-refractivity contribution in [3.63, 3.8) is 0 Å². The maximum absolute atomic E-state index is 4.19. The summed E-state index contributed by atoms with van der Waals surface area (Å²) in [5.74, 6) is 0. The Balaban J connectivity index is 1.99. The molecular formula is C12H15N5. The van der Waals surface area contributed by atoms with Gasteiger partial charge in [0.15, 0.2) is 0 Å². The lowest BCUT2D eigenvalue weighted by Gasteiger charge is -2.19. The average Bonchev–Trinajstić information content (AvgIpc) is 2.98. The lowest BCUT2D eigenvalue weighted by molar-refractivity contribution is 0.556. The first-order chi connectivity index (χ1) is 8.38. The van der Waals surface area contributed by atoms with Gasteiger partial charge in [-0.1, -0.05) is 6.92 Å². The van der Waals surface area contributed by atoms with Gasteiger partial charge in [0.2, 0.25) is 0 Å². The van der Waals surface area contributed by atoms with E-state index in [9.17, 15) is 0 Å². The number of benzene rings is 1. The number of hydrazine groups is 1. The van der Waals surface area contributed by atoms with Gasteiger partial charge in [0, 0.05) is 10.9 Å². The highest BCUT2D eigenvalue weighted by Crippen LogP contribution is 2.25. The number of nitrogens with zero attached hydrogens (tertiary/aromatic N) is 3. The molecule has 88 valence electrons. The van der Waals surface area contributed by atoms with Crippen LogP contribution < -0.4 is 5.43 Å². The summed E-state index contributed by atoms with van der Waals surface area (Å²) in [5.41, 5.74) is 6.88. The molecule has 0 fully saturated rings. The minimum Gasteiger partial charge on any atom is -0.297 e. The second-order valence-corrected chi connectivity index (χ2v) is 4.11. The molecule has 5 nitrogen and oxygen atoms in total. The van der Waals surface area contributed by atoms with Gasteiger partial charge in [0.1, 0.15) is 6.34 Å². The number of fused-ring (bicyclic) bond motifs is 1. The van der Waals surface area contributed by atoms with E-state index in [0.29, 0.717) is 0 Å². The Morgan fingerprint density at radius 2 is 2.41 bits per heavy atom. The number of aliphatic imine (C=N–C) groups is 1. The number of hydrogen-bond donors (Lipinski definition) is 2. The van der Waals surface area contributed by atoms with E-state index in [1.807, 2.05) is 17.5 Å². The highest BCUT2D eigenvalue weighted by Gasteiger charge is 2.11. The summed E-state index contributed by atoms with van der Waals surface area (Å²) in [5, 5.41) is 10.3. The molecule has 1 aromatic carbocycles. The summed E-state index contributed by atoms with van der Waals surface area (Å²) in [6, 6.07) is 4.18. The molecule has 0 aliphatic carbocycles. The summed E-state index contributed by atoms with van der Waals surface area (Å²) in [6.45, 7) is 3.93. The molecule has 1 aromatic heterocycles. The molecule has 0 spiro atoms. The molecule has 0 saturated carbocycles. The molecule has 0 bridgehead atoms. The van der Waals surface area contributed by atoms with E-state index in [0.717, 1.165) is 36.1 Å². The number of aromatic nitrogens is 2. The fraction of sp³-hybridized carbons (Fsp3) is 0.333. The maximum Gasteiger partial charge on any atom is 0.104 e. The molecule has 0 radical (unpaired) electrons. The number of aromatic amines is 1. The summed E-state index contributed by atoms with van der Waals surface area (Å²) < 4.78 is 0. The number of anilines is 1. The third-order valence-corrected chi connectivity index (χ3v) is 3.03. The van der Waals surface area contributed by atoms with E-state index < -0.39 is 0 Å². The van der Waals surface area contributed by atoms with Crippen LogP contribution in [0.3, 0.4) is 0 Å². The van der Waals surface area contributed by atoms with Crippen LogP contribution in [0.4, 0.5) is 5.69 Å². The topological polar surface area (TPSA) is 56.3 Å². The van der Waals surface area contributed by atoms with Crippen LogP contribution in [0, 0.1) is 0 Å². The van der Waals surface area contributed by atoms with Gasteiger partial charge in [0.25, 0.3) is 0 Å². The van der Waals surface area contributed by atoms with Crippen LogP contribution in [0.5, 0.6) is 0 Å². The third-order valence-electron chi connectivity index (χ3n) is 3.03. The van der Waals surface area contributed by atoms with E-state index >= 15 is 0 Å². The smallest absolute Gasteiger partial charge is 0.104 e. The van der Waals surface area contributed by atoms with Crippen LogP contribution in [-0.4, -0.2) is 34.6 Å². The Morgan fingerprint density at radius 3 is 3.18 bits per heavy atom. The minimum absolute atomic E-state index is 0.862. The van der Waals surface area contributed by atoms with Crippen molar-refractivity contribution in [3.05, 3.63) is 23.9 Å². The van der Waals surface area contributed by atoms with Crippen molar-refractivity contribution in [1.82, 2.24) is 15.2 Å². The first-order valence-electron chi connectivity index (χ1n) is 5.86. The van der Waals surface area contributed by atoms with E-state index in [1.165, 1.54) is 5.56 Å². The van der Waals surface area contributed by atoms with Crippen molar-refractivity contribution in [1.29, 1.82) is 0 Å². The normalized spacial score (nSPS) is 14.8. The standard InChI is InChI=1S/C12H15N5/c1-2-10-11(16-17-6-5-13-8-17)4-3-9-7-14-15-12(9)10/h3-4,7-8,16H,2,5-6H2,1H3,(H,14,15). The molecule has 3 rings (SSSR count). The zero-order valence-corrected chi connectivity index (χ0v) is 9.77. The maximum atomic E-state index is 4.19. The SMILES string of the molecule is CCc1c(NN2C=NCC2)ccc2cn[nH]c12. The van der Waals surface area contributed by atoms with Gasteiger partial charge < -0.3 is 0 Å². The first-order valence-corrected chi connectivity index (χ1v) is 5.86. The molecule has 1 aliphatic rings. The Kier molecular flexibility index (Phi) is 2.44. The van der Waals surface area contributed by atoms with Crippen molar-refractivity contribution >= 4 is 22.9 Å². The fourth-order valence-corrected chi connectivity index (χ4v) is 2.16. The number of aryl methyl sites for hydroxylation is 1. The van der Waals surface area contributed by atoms with Gasteiger partial charge >= 0.3 is 0 Å². The largest absolute Gasteiger partial charge is 0.297 e. The zero-order chi connectivity index (χ0) is 11.7. The minimum atomic E-state index is 0.862. The number of nitrogens with one attached hydrogen (secondary N) is 2.